The highest BCUT2D eigenvalue weighted by atomic mass is 35.5. The van der Waals surface area contributed by atoms with Crippen molar-refractivity contribution in [1.29, 1.82) is 0 Å². The molecule has 1 amide bonds. The van der Waals surface area contributed by atoms with Gasteiger partial charge in [0.15, 0.2) is 0 Å². The van der Waals surface area contributed by atoms with Gasteiger partial charge in [0, 0.05) is 25.3 Å². The summed E-state index contributed by atoms with van der Waals surface area (Å²) in [5.41, 5.74) is 0.242. The molecule has 1 aromatic carbocycles. The summed E-state index contributed by atoms with van der Waals surface area (Å²) in [5.74, 6) is -0.343. The first-order valence-electron chi connectivity index (χ1n) is 9.24. The highest BCUT2D eigenvalue weighted by Crippen LogP contribution is 2.23. The molecule has 1 aliphatic rings. The smallest absolute Gasteiger partial charge is 0.251 e. The zero-order valence-electron chi connectivity index (χ0n) is 15.4. The SMILES string of the molecule is C=CCNS(=O)(=O)c1cc(C(=O)NCCCOC2CCCCC2)ccc1Cl. The quantitative estimate of drug-likeness (QED) is 0.454. The van der Waals surface area contributed by atoms with E-state index in [1.165, 1.54) is 43.5 Å². The number of carbonyl (C=O) groups excluding carboxylic acids is 1. The number of halogens is 1. The van der Waals surface area contributed by atoms with Gasteiger partial charge < -0.3 is 10.1 Å². The first-order chi connectivity index (χ1) is 12.9. The van der Waals surface area contributed by atoms with Crippen molar-refractivity contribution < 1.29 is 17.9 Å². The average molecular weight is 415 g/mol. The van der Waals surface area contributed by atoms with Gasteiger partial charge in [0.05, 0.1) is 11.1 Å². The van der Waals surface area contributed by atoms with Gasteiger partial charge in [-0.25, -0.2) is 13.1 Å². The number of benzene rings is 1. The second kappa shape index (κ2) is 10.8. The van der Waals surface area contributed by atoms with E-state index in [0.717, 1.165) is 12.8 Å². The van der Waals surface area contributed by atoms with Crippen LogP contribution in [-0.2, 0) is 14.8 Å². The van der Waals surface area contributed by atoms with Crippen molar-refractivity contribution in [2.45, 2.75) is 49.5 Å². The van der Waals surface area contributed by atoms with E-state index in [1.54, 1.807) is 0 Å². The Kier molecular flexibility index (Phi) is 8.76. The molecule has 0 heterocycles. The van der Waals surface area contributed by atoms with Gasteiger partial charge in [-0.2, -0.15) is 0 Å². The standard InChI is InChI=1S/C19H27ClN2O4S/c1-2-11-22-27(24,25)18-14-15(9-10-17(18)20)19(23)21-12-6-13-26-16-7-4-3-5-8-16/h2,9-10,14,16,22H,1,3-8,11-13H2,(H,21,23). The highest BCUT2D eigenvalue weighted by molar-refractivity contribution is 7.89. The maximum Gasteiger partial charge on any atom is 0.251 e. The number of amides is 1. The zero-order valence-corrected chi connectivity index (χ0v) is 16.9. The molecule has 1 aliphatic carbocycles. The number of hydrogen-bond donors (Lipinski definition) is 2. The Balaban J connectivity index is 1.85. The summed E-state index contributed by atoms with van der Waals surface area (Å²) >= 11 is 5.99. The lowest BCUT2D eigenvalue weighted by atomic mass is 9.98. The van der Waals surface area contributed by atoms with Crippen molar-refractivity contribution in [1.82, 2.24) is 10.0 Å². The molecule has 2 N–H and O–H groups in total. The van der Waals surface area contributed by atoms with E-state index in [-0.39, 0.29) is 27.9 Å². The molecule has 0 saturated heterocycles. The maximum atomic E-state index is 12.3. The van der Waals surface area contributed by atoms with Crippen LogP contribution < -0.4 is 10.0 Å². The van der Waals surface area contributed by atoms with Gasteiger partial charge in [-0.1, -0.05) is 36.9 Å². The first-order valence-corrected chi connectivity index (χ1v) is 11.1. The topological polar surface area (TPSA) is 84.5 Å². The van der Waals surface area contributed by atoms with E-state index in [9.17, 15) is 13.2 Å². The van der Waals surface area contributed by atoms with E-state index in [4.69, 9.17) is 16.3 Å². The Bertz CT molecular complexity index is 746. The number of carbonyl (C=O) groups is 1. The summed E-state index contributed by atoms with van der Waals surface area (Å²) in [6.07, 6.45) is 8.47. The fourth-order valence-electron chi connectivity index (χ4n) is 2.95. The Morgan fingerprint density at radius 1 is 1.30 bits per heavy atom. The van der Waals surface area contributed by atoms with Crippen molar-refractivity contribution in [3.05, 3.63) is 41.4 Å². The molecule has 0 aromatic heterocycles. The summed E-state index contributed by atoms with van der Waals surface area (Å²) in [7, 11) is -3.80. The molecule has 0 aliphatic heterocycles. The Labute approximate surface area is 166 Å². The first kappa shape index (κ1) is 21.9. The molecule has 1 aromatic rings. The van der Waals surface area contributed by atoms with Crippen LogP contribution in [0.4, 0.5) is 0 Å². The van der Waals surface area contributed by atoms with E-state index in [1.807, 2.05) is 0 Å². The van der Waals surface area contributed by atoms with Gasteiger partial charge in [-0.3, -0.25) is 4.79 Å². The van der Waals surface area contributed by atoms with Crippen molar-refractivity contribution in [3.63, 3.8) is 0 Å². The van der Waals surface area contributed by atoms with Gasteiger partial charge in [0.2, 0.25) is 10.0 Å². The minimum Gasteiger partial charge on any atom is -0.378 e. The van der Waals surface area contributed by atoms with Crippen LogP contribution in [0.2, 0.25) is 5.02 Å². The highest BCUT2D eigenvalue weighted by Gasteiger charge is 2.19. The molecule has 8 heteroatoms. The monoisotopic (exact) mass is 414 g/mol. The van der Waals surface area contributed by atoms with Crippen molar-refractivity contribution in [3.8, 4) is 0 Å². The number of rotatable bonds is 10. The number of ether oxygens (including phenoxy) is 1. The lowest BCUT2D eigenvalue weighted by Crippen LogP contribution is -2.27. The molecule has 6 nitrogen and oxygen atoms in total. The molecule has 0 unspecified atom stereocenters. The summed E-state index contributed by atoms with van der Waals surface area (Å²) in [6, 6.07) is 4.19. The minimum absolute atomic E-state index is 0.0593. The third-order valence-corrected chi connectivity index (χ3v) is 6.32. The molecule has 2 rings (SSSR count). The summed E-state index contributed by atoms with van der Waals surface area (Å²) in [4.78, 5) is 12.2. The zero-order chi connectivity index (χ0) is 19.7. The predicted molar refractivity (Wildman–Crippen MR) is 107 cm³/mol. The normalized spacial score (nSPS) is 15.4. The van der Waals surface area contributed by atoms with E-state index in [2.05, 4.69) is 16.6 Å². The molecule has 1 saturated carbocycles. The lowest BCUT2D eigenvalue weighted by molar-refractivity contribution is 0.0273. The second-order valence-electron chi connectivity index (χ2n) is 6.53. The number of sulfonamides is 1. The van der Waals surface area contributed by atoms with Crippen LogP contribution in [0.3, 0.4) is 0 Å². The van der Waals surface area contributed by atoms with Crippen LogP contribution >= 0.6 is 11.6 Å². The van der Waals surface area contributed by atoms with E-state index < -0.39 is 10.0 Å². The molecular formula is C19H27ClN2O4S. The Morgan fingerprint density at radius 2 is 2.04 bits per heavy atom. The van der Waals surface area contributed by atoms with Crippen LogP contribution in [0, 0.1) is 0 Å². The van der Waals surface area contributed by atoms with Crippen LogP contribution in [0.15, 0.2) is 35.7 Å². The summed E-state index contributed by atoms with van der Waals surface area (Å²) < 4.78 is 32.7. The second-order valence-corrected chi connectivity index (χ2v) is 8.67. The fourth-order valence-corrected chi connectivity index (χ4v) is 4.48. The summed E-state index contributed by atoms with van der Waals surface area (Å²) in [6.45, 7) is 4.62. The van der Waals surface area contributed by atoms with Crippen LogP contribution in [0.5, 0.6) is 0 Å². The van der Waals surface area contributed by atoms with Crippen molar-refractivity contribution in [2.24, 2.45) is 0 Å². The van der Waals surface area contributed by atoms with Crippen LogP contribution in [0.25, 0.3) is 0 Å². The minimum atomic E-state index is -3.80. The van der Waals surface area contributed by atoms with Crippen molar-refractivity contribution >= 4 is 27.5 Å². The maximum absolute atomic E-state index is 12.3. The van der Waals surface area contributed by atoms with Gasteiger partial charge in [0.25, 0.3) is 5.91 Å². The molecule has 150 valence electrons. The third kappa shape index (κ3) is 6.92. The van der Waals surface area contributed by atoms with Gasteiger partial charge >= 0.3 is 0 Å². The summed E-state index contributed by atoms with van der Waals surface area (Å²) in [5, 5.41) is 2.84. The molecule has 0 spiro atoms. The van der Waals surface area contributed by atoms with Gasteiger partial charge in [-0.15, -0.1) is 6.58 Å². The van der Waals surface area contributed by atoms with Gasteiger partial charge in [0.1, 0.15) is 4.90 Å². The van der Waals surface area contributed by atoms with Crippen LogP contribution in [0.1, 0.15) is 48.9 Å². The predicted octanol–water partition coefficient (Wildman–Crippen LogP) is 3.27. The van der Waals surface area contributed by atoms with Gasteiger partial charge in [-0.05, 0) is 37.5 Å². The lowest BCUT2D eigenvalue weighted by Gasteiger charge is -2.21. The molecule has 0 radical (unpaired) electrons. The number of hydrogen-bond acceptors (Lipinski definition) is 4. The van der Waals surface area contributed by atoms with E-state index >= 15 is 0 Å². The Morgan fingerprint density at radius 3 is 2.74 bits per heavy atom. The fraction of sp³-hybridized carbons (Fsp3) is 0.526. The molecule has 0 atom stereocenters. The van der Waals surface area contributed by atoms with Crippen LogP contribution in [-0.4, -0.2) is 40.1 Å². The third-order valence-electron chi connectivity index (χ3n) is 4.41. The van der Waals surface area contributed by atoms with E-state index in [0.29, 0.717) is 25.7 Å². The Hall–Kier alpha value is -1.41. The molecular weight excluding hydrogens is 388 g/mol. The number of nitrogens with one attached hydrogen (secondary N) is 2. The van der Waals surface area contributed by atoms with Crippen molar-refractivity contribution in [2.75, 3.05) is 19.7 Å². The largest absolute Gasteiger partial charge is 0.378 e. The molecule has 0 bridgehead atoms. The molecule has 1 fully saturated rings. The average Bonchev–Trinajstić information content (AvgIpc) is 2.67. The molecule has 27 heavy (non-hydrogen) atoms.